The number of amidine groups is 1. The number of hydrogen-bond donors (Lipinski definition) is 3. The normalized spacial score (nSPS) is 14.5. The summed E-state index contributed by atoms with van der Waals surface area (Å²) in [4.78, 5) is 3.89. The first-order valence-electron chi connectivity index (χ1n) is 10.7. The van der Waals surface area contributed by atoms with Crippen molar-refractivity contribution < 1.29 is 4.74 Å². The maximum atomic E-state index is 9.49. The van der Waals surface area contributed by atoms with E-state index in [4.69, 9.17) is 16.2 Å². The second-order valence-corrected chi connectivity index (χ2v) is 8.61. The Morgan fingerprint density at radius 3 is 2.71 bits per heavy atom. The summed E-state index contributed by atoms with van der Waals surface area (Å²) < 4.78 is 7.59. The van der Waals surface area contributed by atoms with Gasteiger partial charge in [-0.15, -0.1) is 0 Å². The molecule has 1 aromatic carbocycles. The van der Waals surface area contributed by atoms with E-state index in [0.29, 0.717) is 16.9 Å². The molecule has 0 saturated heterocycles. The molecule has 0 fully saturated rings. The van der Waals surface area contributed by atoms with Gasteiger partial charge >= 0.3 is 0 Å². The van der Waals surface area contributed by atoms with E-state index in [1.807, 2.05) is 55.5 Å². The van der Waals surface area contributed by atoms with Crippen LogP contribution in [0.2, 0.25) is 0 Å². The maximum Gasteiger partial charge on any atom is 0.153 e. The Hall–Kier alpha value is -4.16. The molecule has 0 unspecified atom stereocenters. The summed E-state index contributed by atoms with van der Waals surface area (Å²) in [5.74, 6) is 2.63. The molecule has 34 heavy (non-hydrogen) atoms. The zero-order valence-corrected chi connectivity index (χ0v) is 19.5. The fourth-order valence-electron chi connectivity index (χ4n) is 3.39. The number of aromatic nitrogens is 2. The zero-order chi connectivity index (χ0) is 23.9. The van der Waals surface area contributed by atoms with Crippen molar-refractivity contribution in [3.63, 3.8) is 0 Å². The lowest BCUT2D eigenvalue weighted by Gasteiger charge is -2.12. The third-order valence-electron chi connectivity index (χ3n) is 5.15. The minimum Gasteiger partial charge on any atom is -0.458 e. The number of anilines is 3. The fraction of sp³-hybridized carbons (Fsp3) is 0.160. The summed E-state index contributed by atoms with van der Waals surface area (Å²) in [6.07, 6.45) is 14.1. The zero-order valence-electron chi connectivity index (χ0n) is 18.7. The molecule has 0 spiro atoms. The Balaban J connectivity index is 0.000000398. The average molecular weight is 472 g/mol. The first kappa shape index (κ1) is 23.0. The molecule has 5 N–H and O–H groups in total. The largest absolute Gasteiger partial charge is 0.458 e. The monoisotopic (exact) mass is 471 g/mol. The number of thioether (sulfide) groups is 1. The summed E-state index contributed by atoms with van der Waals surface area (Å²) in [5.41, 5.74) is 15.5. The smallest absolute Gasteiger partial charge is 0.153 e. The first-order chi connectivity index (χ1) is 16.5. The van der Waals surface area contributed by atoms with Crippen LogP contribution in [0.4, 0.5) is 17.1 Å². The van der Waals surface area contributed by atoms with Crippen LogP contribution in [0.25, 0.3) is 5.52 Å². The Kier molecular flexibility index (Phi) is 7.20. The number of nitrogen functional groups attached to an aromatic ring is 1. The Bertz CT molecular complexity index is 1340. The summed E-state index contributed by atoms with van der Waals surface area (Å²) in [6.45, 7) is 2.83. The summed E-state index contributed by atoms with van der Waals surface area (Å²) in [6, 6.07) is 9.79. The van der Waals surface area contributed by atoms with E-state index in [2.05, 4.69) is 27.6 Å². The first-order valence-corrected chi connectivity index (χ1v) is 11.7. The fourth-order valence-corrected chi connectivity index (χ4v) is 3.97. The lowest BCUT2D eigenvalue weighted by molar-refractivity contribution is 0.443. The quantitative estimate of drug-likeness (QED) is 0.505. The highest BCUT2D eigenvalue weighted by atomic mass is 32.2. The van der Waals surface area contributed by atoms with E-state index in [9.17, 15) is 5.26 Å². The molecule has 2 aromatic heterocycles. The number of nitrogens with zero attached hydrogens (tertiary/aromatic N) is 4. The molecule has 8 nitrogen and oxygen atoms in total. The van der Waals surface area contributed by atoms with Gasteiger partial charge in [0.2, 0.25) is 0 Å². The van der Waals surface area contributed by atoms with Gasteiger partial charge in [0.15, 0.2) is 5.17 Å². The number of nitrogens with two attached hydrogens (primary N) is 2. The van der Waals surface area contributed by atoms with Gasteiger partial charge in [-0.1, -0.05) is 30.0 Å². The van der Waals surface area contributed by atoms with Gasteiger partial charge in [0, 0.05) is 17.0 Å². The molecule has 5 rings (SSSR count). The van der Waals surface area contributed by atoms with E-state index < -0.39 is 0 Å². The molecule has 0 saturated carbocycles. The van der Waals surface area contributed by atoms with Gasteiger partial charge in [0.05, 0.1) is 41.4 Å². The van der Waals surface area contributed by atoms with Crippen LogP contribution in [-0.4, -0.2) is 27.1 Å². The van der Waals surface area contributed by atoms with Gasteiger partial charge in [0.25, 0.3) is 0 Å². The van der Waals surface area contributed by atoms with Crippen molar-refractivity contribution >= 4 is 39.5 Å². The van der Waals surface area contributed by atoms with Crippen LogP contribution in [0.15, 0.2) is 77.8 Å². The number of aliphatic imine (C=N–C) groups is 1. The third kappa shape index (κ3) is 5.42. The molecular weight excluding hydrogens is 446 g/mol. The molecule has 2 aliphatic rings. The van der Waals surface area contributed by atoms with Crippen molar-refractivity contribution in [2.75, 3.05) is 23.3 Å². The second-order valence-electron chi connectivity index (χ2n) is 7.50. The van der Waals surface area contributed by atoms with Crippen LogP contribution in [0.5, 0.6) is 5.75 Å². The molecule has 0 atom stereocenters. The van der Waals surface area contributed by atoms with E-state index in [1.54, 1.807) is 22.5 Å². The second kappa shape index (κ2) is 10.6. The van der Waals surface area contributed by atoms with Crippen LogP contribution in [0, 0.1) is 18.3 Å². The lowest BCUT2D eigenvalue weighted by Crippen LogP contribution is -2.01. The lowest BCUT2D eigenvalue weighted by atomic mass is 10.1. The molecule has 9 heteroatoms. The van der Waals surface area contributed by atoms with E-state index in [-0.39, 0.29) is 0 Å². The van der Waals surface area contributed by atoms with Gasteiger partial charge in [0.1, 0.15) is 17.6 Å². The van der Waals surface area contributed by atoms with Gasteiger partial charge < -0.3 is 21.5 Å². The van der Waals surface area contributed by atoms with Crippen molar-refractivity contribution in [3.8, 4) is 11.8 Å². The highest BCUT2D eigenvalue weighted by Gasteiger charge is 2.14. The van der Waals surface area contributed by atoms with Crippen molar-refractivity contribution in [1.82, 2.24) is 9.61 Å². The predicted molar refractivity (Wildman–Crippen MR) is 139 cm³/mol. The van der Waals surface area contributed by atoms with Crippen LogP contribution in [-0.2, 0) is 0 Å². The molecular formula is C25H25N7OS. The summed E-state index contributed by atoms with van der Waals surface area (Å²) in [7, 11) is 0. The number of ether oxygens (including phenoxy) is 1. The van der Waals surface area contributed by atoms with Gasteiger partial charge in [-0.05, 0) is 49.8 Å². The molecule has 0 bridgehead atoms. The molecule has 1 aliphatic carbocycles. The van der Waals surface area contributed by atoms with Crippen molar-refractivity contribution in [2.45, 2.75) is 13.3 Å². The predicted octanol–water partition coefficient (Wildman–Crippen LogP) is 4.67. The standard InChI is InChI=1S/C22H19N5O.C3H6N2S/c1-15-20(24)14-27-22(15)21(16(12-23)13-25-27)26-17-8-10-19(11-9-17)28-18-6-4-2-3-5-7-18;4-3-5-1-2-6-3/h2-4,6-11,13-14,26H,5,24H2,1H3;1-2H2,(H2,4,5). The minimum absolute atomic E-state index is 0.454. The minimum atomic E-state index is 0.454. The molecule has 3 heterocycles. The third-order valence-corrected chi connectivity index (χ3v) is 5.96. The van der Waals surface area contributed by atoms with Crippen molar-refractivity contribution in [1.29, 1.82) is 5.26 Å². The van der Waals surface area contributed by atoms with Gasteiger partial charge in [-0.3, -0.25) is 4.99 Å². The average Bonchev–Trinajstić information content (AvgIpc) is 3.33. The number of nitriles is 1. The number of hydrogen-bond acceptors (Lipinski definition) is 8. The van der Waals surface area contributed by atoms with E-state index >= 15 is 0 Å². The van der Waals surface area contributed by atoms with Gasteiger partial charge in [-0.25, -0.2) is 4.52 Å². The number of aryl methyl sites for hydroxylation is 1. The van der Waals surface area contributed by atoms with E-state index in [0.717, 1.165) is 52.2 Å². The Morgan fingerprint density at radius 2 is 2.03 bits per heavy atom. The van der Waals surface area contributed by atoms with Gasteiger partial charge in [-0.2, -0.15) is 10.4 Å². The van der Waals surface area contributed by atoms with Crippen molar-refractivity contribution in [3.05, 3.63) is 83.9 Å². The SMILES string of the molecule is Cc1c(N)cn2ncc(C#N)c(Nc3ccc(OC4=CCC=CC=C4)cc3)c12.NC1=NCCS1. The summed E-state index contributed by atoms with van der Waals surface area (Å²) >= 11 is 1.62. The van der Waals surface area contributed by atoms with E-state index in [1.165, 1.54) is 6.20 Å². The van der Waals surface area contributed by atoms with Crippen LogP contribution < -0.4 is 21.5 Å². The number of allylic oxidation sites excluding steroid dienone is 5. The molecule has 0 amide bonds. The van der Waals surface area contributed by atoms with Crippen LogP contribution >= 0.6 is 11.8 Å². The van der Waals surface area contributed by atoms with Crippen LogP contribution in [0.1, 0.15) is 17.5 Å². The number of benzene rings is 1. The highest BCUT2D eigenvalue weighted by molar-refractivity contribution is 8.14. The number of fused-ring (bicyclic) bond motifs is 1. The maximum absolute atomic E-state index is 9.49. The number of rotatable bonds is 4. The van der Waals surface area contributed by atoms with Crippen molar-refractivity contribution in [2.24, 2.45) is 10.7 Å². The highest BCUT2D eigenvalue weighted by Crippen LogP contribution is 2.31. The van der Waals surface area contributed by atoms with Crippen LogP contribution in [0.3, 0.4) is 0 Å². The summed E-state index contributed by atoms with van der Waals surface area (Å²) in [5, 5.41) is 17.8. The Morgan fingerprint density at radius 1 is 1.21 bits per heavy atom. The molecule has 0 radical (unpaired) electrons. The molecule has 3 aromatic rings. The number of nitrogens with one attached hydrogen (secondary N) is 1. The molecule has 1 aliphatic heterocycles. The molecule has 172 valence electrons. The topological polar surface area (TPSA) is 127 Å². The Labute approximate surface area is 202 Å².